The summed E-state index contributed by atoms with van der Waals surface area (Å²) in [4.78, 5) is 8.79. The van der Waals surface area contributed by atoms with Crippen LogP contribution in [0.4, 0.5) is 5.82 Å². The molecule has 4 nitrogen and oxygen atoms in total. The number of ether oxygens (including phenoxy) is 1. The van der Waals surface area contributed by atoms with Gasteiger partial charge in [-0.25, -0.2) is 9.97 Å². The summed E-state index contributed by atoms with van der Waals surface area (Å²) in [6.07, 6.45) is 4.94. The Balaban J connectivity index is 2.27. The molecule has 0 radical (unpaired) electrons. The van der Waals surface area contributed by atoms with Crippen LogP contribution in [0.15, 0.2) is 6.07 Å². The first-order valence-electron chi connectivity index (χ1n) is 5.88. The summed E-state index contributed by atoms with van der Waals surface area (Å²) in [5, 5.41) is 0. The Hall–Kier alpha value is -1.16. The van der Waals surface area contributed by atoms with E-state index in [4.69, 9.17) is 10.5 Å². The van der Waals surface area contributed by atoms with E-state index in [2.05, 4.69) is 9.97 Å². The fourth-order valence-electron chi connectivity index (χ4n) is 2.22. The number of nitrogens with zero attached hydrogens (tertiary/aromatic N) is 2. The predicted octanol–water partition coefficient (Wildman–Crippen LogP) is 2.42. The molecule has 0 saturated heterocycles. The van der Waals surface area contributed by atoms with Crippen LogP contribution < -0.4 is 5.73 Å². The molecule has 1 saturated carbocycles. The minimum absolute atomic E-state index is 0.0938. The van der Waals surface area contributed by atoms with Gasteiger partial charge in [-0.3, -0.25) is 0 Å². The van der Waals surface area contributed by atoms with Gasteiger partial charge in [0.25, 0.3) is 0 Å². The Morgan fingerprint density at radius 2 is 2.06 bits per heavy atom. The van der Waals surface area contributed by atoms with Crippen LogP contribution in [0.25, 0.3) is 0 Å². The number of hydrogen-bond acceptors (Lipinski definition) is 4. The molecule has 2 rings (SSSR count). The highest BCUT2D eigenvalue weighted by molar-refractivity contribution is 5.32. The number of nitrogens with two attached hydrogens (primary N) is 1. The number of anilines is 1. The minimum atomic E-state index is -0.0938. The molecule has 0 spiro atoms. The van der Waals surface area contributed by atoms with Gasteiger partial charge in [-0.05, 0) is 19.8 Å². The van der Waals surface area contributed by atoms with Gasteiger partial charge in [-0.2, -0.15) is 0 Å². The summed E-state index contributed by atoms with van der Waals surface area (Å²) in [6.45, 7) is 1.94. The molecule has 0 aliphatic heterocycles. The molecule has 1 atom stereocenters. The van der Waals surface area contributed by atoms with Crippen molar-refractivity contribution in [3.05, 3.63) is 17.6 Å². The average molecular weight is 221 g/mol. The van der Waals surface area contributed by atoms with E-state index < -0.39 is 0 Å². The summed E-state index contributed by atoms with van der Waals surface area (Å²) in [5.74, 6) is 1.81. The highest BCUT2D eigenvalue weighted by atomic mass is 16.5. The van der Waals surface area contributed by atoms with Gasteiger partial charge in [0.1, 0.15) is 11.9 Å². The normalized spacial score (nSPS) is 18.9. The lowest BCUT2D eigenvalue weighted by molar-refractivity contribution is 0.112. The van der Waals surface area contributed by atoms with E-state index in [1.807, 2.05) is 13.0 Å². The van der Waals surface area contributed by atoms with Crippen LogP contribution in [0.2, 0.25) is 0 Å². The van der Waals surface area contributed by atoms with E-state index in [1.165, 1.54) is 25.7 Å². The van der Waals surface area contributed by atoms with Gasteiger partial charge in [0, 0.05) is 24.8 Å². The van der Waals surface area contributed by atoms with Gasteiger partial charge in [-0.15, -0.1) is 0 Å². The zero-order valence-corrected chi connectivity index (χ0v) is 9.94. The van der Waals surface area contributed by atoms with Crippen molar-refractivity contribution in [2.24, 2.45) is 0 Å². The van der Waals surface area contributed by atoms with Crippen molar-refractivity contribution in [2.75, 3.05) is 12.8 Å². The van der Waals surface area contributed by atoms with Gasteiger partial charge in [-0.1, -0.05) is 12.8 Å². The monoisotopic (exact) mass is 221 g/mol. The van der Waals surface area contributed by atoms with Gasteiger partial charge in [0.05, 0.1) is 0 Å². The summed E-state index contributed by atoms with van der Waals surface area (Å²) in [7, 11) is 1.66. The Morgan fingerprint density at radius 1 is 1.38 bits per heavy atom. The van der Waals surface area contributed by atoms with E-state index in [9.17, 15) is 0 Å². The second-order valence-corrected chi connectivity index (χ2v) is 4.44. The number of hydrogen-bond donors (Lipinski definition) is 1. The zero-order chi connectivity index (χ0) is 11.5. The van der Waals surface area contributed by atoms with E-state index in [0.29, 0.717) is 17.6 Å². The van der Waals surface area contributed by atoms with Crippen LogP contribution in [0.1, 0.15) is 56.1 Å². The first-order chi connectivity index (χ1) is 7.70. The Bertz CT molecular complexity index is 361. The highest BCUT2D eigenvalue weighted by Crippen LogP contribution is 2.33. The van der Waals surface area contributed by atoms with Crippen LogP contribution in [0.3, 0.4) is 0 Å². The molecule has 1 fully saturated rings. The molecular weight excluding hydrogens is 202 g/mol. The van der Waals surface area contributed by atoms with Gasteiger partial charge < -0.3 is 10.5 Å². The first-order valence-corrected chi connectivity index (χ1v) is 5.88. The van der Waals surface area contributed by atoms with Crippen LogP contribution >= 0.6 is 0 Å². The molecule has 1 aromatic rings. The third-order valence-corrected chi connectivity index (χ3v) is 3.27. The van der Waals surface area contributed by atoms with Gasteiger partial charge >= 0.3 is 0 Å². The lowest BCUT2D eigenvalue weighted by Gasteiger charge is -2.13. The number of aromatic nitrogens is 2. The maximum atomic E-state index is 5.81. The smallest absolute Gasteiger partial charge is 0.159 e. The van der Waals surface area contributed by atoms with Crippen molar-refractivity contribution in [1.29, 1.82) is 0 Å². The molecule has 0 bridgehead atoms. The highest BCUT2D eigenvalue weighted by Gasteiger charge is 2.20. The van der Waals surface area contributed by atoms with Crippen molar-refractivity contribution in [1.82, 2.24) is 9.97 Å². The summed E-state index contributed by atoms with van der Waals surface area (Å²) in [5.41, 5.74) is 6.90. The van der Waals surface area contributed by atoms with Crippen molar-refractivity contribution in [3.8, 4) is 0 Å². The number of methoxy groups -OCH3 is 1. The van der Waals surface area contributed by atoms with Crippen molar-refractivity contribution in [3.63, 3.8) is 0 Å². The molecule has 1 aliphatic carbocycles. The third kappa shape index (κ3) is 2.32. The first kappa shape index (κ1) is 11.3. The van der Waals surface area contributed by atoms with Crippen LogP contribution in [0.5, 0.6) is 0 Å². The standard InChI is InChI=1S/C12H19N3O/c1-8(16-2)12-14-10(7-11(13)15-12)9-5-3-4-6-9/h7-9H,3-6H2,1-2H3,(H2,13,14,15)/t8-/m0/s1. The van der Waals surface area contributed by atoms with Crippen molar-refractivity contribution in [2.45, 2.75) is 44.6 Å². The van der Waals surface area contributed by atoms with Crippen LogP contribution in [0, 0.1) is 0 Å². The lowest BCUT2D eigenvalue weighted by atomic mass is 10.0. The number of rotatable bonds is 3. The molecule has 16 heavy (non-hydrogen) atoms. The Kier molecular flexibility index (Phi) is 3.39. The molecule has 2 N–H and O–H groups in total. The van der Waals surface area contributed by atoms with Crippen molar-refractivity contribution >= 4 is 5.82 Å². The molecule has 1 heterocycles. The maximum absolute atomic E-state index is 5.81. The lowest BCUT2D eigenvalue weighted by Crippen LogP contribution is -2.09. The second kappa shape index (κ2) is 4.78. The van der Waals surface area contributed by atoms with E-state index in [0.717, 1.165) is 5.69 Å². The topological polar surface area (TPSA) is 61.0 Å². The quantitative estimate of drug-likeness (QED) is 0.851. The third-order valence-electron chi connectivity index (χ3n) is 3.27. The molecule has 4 heteroatoms. The molecular formula is C12H19N3O. The average Bonchev–Trinajstić information content (AvgIpc) is 2.80. The Morgan fingerprint density at radius 3 is 2.69 bits per heavy atom. The largest absolute Gasteiger partial charge is 0.384 e. The van der Waals surface area contributed by atoms with Crippen molar-refractivity contribution < 1.29 is 4.74 Å². The minimum Gasteiger partial charge on any atom is -0.384 e. The summed E-state index contributed by atoms with van der Waals surface area (Å²) >= 11 is 0. The fourth-order valence-corrected chi connectivity index (χ4v) is 2.22. The van der Waals surface area contributed by atoms with Crippen LogP contribution in [-0.4, -0.2) is 17.1 Å². The second-order valence-electron chi connectivity index (χ2n) is 4.44. The summed E-state index contributed by atoms with van der Waals surface area (Å²) < 4.78 is 5.23. The molecule has 1 aromatic heterocycles. The number of nitrogen functional groups attached to an aromatic ring is 1. The van der Waals surface area contributed by atoms with Crippen LogP contribution in [-0.2, 0) is 4.74 Å². The summed E-state index contributed by atoms with van der Waals surface area (Å²) in [6, 6.07) is 1.90. The fraction of sp³-hybridized carbons (Fsp3) is 0.667. The molecule has 0 unspecified atom stereocenters. The van der Waals surface area contributed by atoms with E-state index in [-0.39, 0.29) is 6.10 Å². The Labute approximate surface area is 96.2 Å². The molecule has 1 aliphatic rings. The zero-order valence-electron chi connectivity index (χ0n) is 9.94. The molecule has 88 valence electrons. The molecule has 0 aromatic carbocycles. The predicted molar refractivity (Wildman–Crippen MR) is 63.1 cm³/mol. The van der Waals surface area contributed by atoms with E-state index >= 15 is 0 Å². The SMILES string of the molecule is CO[C@@H](C)c1nc(N)cc(C2CCCC2)n1. The maximum Gasteiger partial charge on any atom is 0.159 e. The molecule has 0 amide bonds. The van der Waals surface area contributed by atoms with Gasteiger partial charge in [0.15, 0.2) is 5.82 Å². The van der Waals surface area contributed by atoms with Gasteiger partial charge in [0.2, 0.25) is 0 Å². The van der Waals surface area contributed by atoms with E-state index in [1.54, 1.807) is 7.11 Å².